The Labute approximate surface area is 183 Å². The summed E-state index contributed by atoms with van der Waals surface area (Å²) in [6.07, 6.45) is 1.71. The zero-order valence-corrected chi connectivity index (χ0v) is 17.1. The number of rotatable bonds is 5. The molecule has 0 spiro atoms. The Bertz CT molecular complexity index is 1430. The van der Waals surface area contributed by atoms with Crippen molar-refractivity contribution in [3.63, 3.8) is 0 Å². The fourth-order valence-electron chi connectivity index (χ4n) is 3.18. The lowest BCUT2D eigenvalue weighted by Gasteiger charge is -2.10. The molecule has 0 saturated carbocycles. The van der Waals surface area contributed by atoms with Crippen molar-refractivity contribution in [1.29, 1.82) is 5.26 Å². The average Bonchev–Trinajstić information content (AvgIpc) is 2.83. The van der Waals surface area contributed by atoms with E-state index in [1.807, 2.05) is 30.3 Å². The van der Waals surface area contributed by atoms with Gasteiger partial charge in [-0.3, -0.25) is 0 Å². The number of nitriles is 1. The summed E-state index contributed by atoms with van der Waals surface area (Å²) in [5, 5.41) is 10.1. The van der Waals surface area contributed by atoms with E-state index < -0.39 is 11.6 Å². The second-order valence-electron chi connectivity index (χ2n) is 6.82. The van der Waals surface area contributed by atoms with Crippen LogP contribution in [0.4, 0.5) is 0 Å². The van der Waals surface area contributed by atoms with Crippen LogP contribution in [0, 0.1) is 11.3 Å². The van der Waals surface area contributed by atoms with Crippen LogP contribution in [-0.4, -0.2) is 13.1 Å². The summed E-state index contributed by atoms with van der Waals surface area (Å²) in [5.74, 6) is -0.434. The third kappa shape index (κ3) is 4.27. The molecule has 0 aliphatic heterocycles. The van der Waals surface area contributed by atoms with Crippen molar-refractivity contribution in [2.45, 2.75) is 0 Å². The molecule has 0 atom stereocenters. The third-order valence-corrected chi connectivity index (χ3v) is 4.77. The molecule has 0 fully saturated rings. The lowest BCUT2D eigenvalue weighted by Crippen LogP contribution is -2.19. The SMILES string of the molecule is COc1cc(/C=C(\C#N)c2ccccc2)ccc1OC(=O)c1cc2ccccc2oc1=O. The van der Waals surface area contributed by atoms with Crippen LogP contribution in [0.15, 0.2) is 88.1 Å². The Morgan fingerprint density at radius 2 is 1.72 bits per heavy atom. The summed E-state index contributed by atoms with van der Waals surface area (Å²) < 4.78 is 16.0. The van der Waals surface area contributed by atoms with Crippen LogP contribution >= 0.6 is 0 Å². The van der Waals surface area contributed by atoms with E-state index in [1.165, 1.54) is 13.2 Å². The van der Waals surface area contributed by atoms with Crippen LogP contribution in [-0.2, 0) is 0 Å². The first kappa shape index (κ1) is 20.6. The number of carbonyl (C=O) groups excluding carboxylic acids is 1. The summed E-state index contributed by atoms with van der Waals surface area (Å²) >= 11 is 0. The molecular weight excluding hydrogens is 406 g/mol. The van der Waals surface area contributed by atoms with Gasteiger partial charge in [-0.05, 0) is 41.5 Å². The second-order valence-corrected chi connectivity index (χ2v) is 6.82. The van der Waals surface area contributed by atoms with Gasteiger partial charge in [0.1, 0.15) is 11.1 Å². The molecule has 0 aliphatic rings. The highest BCUT2D eigenvalue weighted by Crippen LogP contribution is 2.30. The number of esters is 1. The van der Waals surface area contributed by atoms with Crippen LogP contribution in [0.25, 0.3) is 22.6 Å². The zero-order valence-electron chi connectivity index (χ0n) is 17.1. The lowest BCUT2D eigenvalue weighted by atomic mass is 10.0. The third-order valence-electron chi connectivity index (χ3n) is 4.77. The highest BCUT2D eigenvalue weighted by atomic mass is 16.6. The van der Waals surface area contributed by atoms with Gasteiger partial charge in [-0.25, -0.2) is 9.59 Å². The maximum atomic E-state index is 12.6. The minimum atomic E-state index is -0.854. The first-order chi connectivity index (χ1) is 15.6. The van der Waals surface area contributed by atoms with E-state index in [-0.39, 0.29) is 17.1 Å². The van der Waals surface area contributed by atoms with Gasteiger partial charge in [-0.1, -0.05) is 54.6 Å². The summed E-state index contributed by atoms with van der Waals surface area (Å²) in [7, 11) is 1.44. The van der Waals surface area contributed by atoms with Gasteiger partial charge in [0.05, 0.1) is 18.8 Å². The van der Waals surface area contributed by atoms with Gasteiger partial charge in [-0.2, -0.15) is 5.26 Å². The number of hydrogen-bond acceptors (Lipinski definition) is 6. The molecule has 0 radical (unpaired) electrons. The molecule has 0 aliphatic carbocycles. The second kappa shape index (κ2) is 9.02. The number of methoxy groups -OCH3 is 1. The molecule has 1 aromatic heterocycles. The zero-order chi connectivity index (χ0) is 22.5. The lowest BCUT2D eigenvalue weighted by molar-refractivity contribution is 0.0725. The van der Waals surface area contributed by atoms with Crippen molar-refractivity contribution < 1.29 is 18.7 Å². The summed E-state index contributed by atoms with van der Waals surface area (Å²) in [5.41, 5.74) is 1.33. The van der Waals surface area contributed by atoms with Crippen molar-refractivity contribution in [3.8, 4) is 17.6 Å². The van der Waals surface area contributed by atoms with E-state index >= 15 is 0 Å². The monoisotopic (exact) mass is 423 g/mol. The van der Waals surface area contributed by atoms with Crippen molar-refractivity contribution >= 4 is 28.6 Å². The van der Waals surface area contributed by atoms with Gasteiger partial charge in [0.2, 0.25) is 0 Å². The molecule has 4 aromatic rings. The first-order valence-electron chi connectivity index (χ1n) is 9.69. The average molecular weight is 423 g/mol. The van der Waals surface area contributed by atoms with Gasteiger partial charge < -0.3 is 13.9 Å². The summed E-state index contributed by atoms with van der Waals surface area (Å²) in [6.45, 7) is 0. The highest BCUT2D eigenvalue weighted by Gasteiger charge is 2.18. The maximum absolute atomic E-state index is 12.6. The Balaban J connectivity index is 1.63. The number of ether oxygens (including phenoxy) is 2. The molecule has 1 heterocycles. The molecule has 156 valence electrons. The Morgan fingerprint density at radius 1 is 0.969 bits per heavy atom. The molecule has 0 unspecified atom stereocenters. The first-order valence-corrected chi connectivity index (χ1v) is 9.69. The molecule has 3 aromatic carbocycles. The number of para-hydroxylation sites is 1. The quantitative estimate of drug-likeness (QED) is 0.146. The van der Waals surface area contributed by atoms with Crippen LogP contribution in [0.3, 0.4) is 0 Å². The topological polar surface area (TPSA) is 89.5 Å². The number of benzene rings is 3. The predicted octanol–water partition coefficient (Wildman–Crippen LogP) is 5.08. The standard InChI is InChI=1S/C26H17NO5/c1-30-24-14-17(13-20(16-27)18-7-3-2-4-8-18)11-12-23(24)32-26(29)21-15-19-9-5-6-10-22(19)31-25(21)28/h2-15H,1H3/b20-13+. The number of nitrogens with zero attached hydrogens (tertiary/aromatic N) is 1. The predicted molar refractivity (Wildman–Crippen MR) is 120 cm³/mol. The summed E-state index contributed by atoms with van der Waals surface area (Å²) in [4.78, 5) is 24.9. The van der Waals surface area contributed by atoms with E-state index in [2.05, 4.69) is 6.07 Å². The Hall–Kier alpha value is -4.63. The smallest absolute Gasteiger partial charge is 0.351 e. The van der Waals surface area contributed by atoms with Crippen molar-refractivity contribution in [2.24, 2.45) is 0 Å². The van der Waals surface area contributed by atoms with Gasteiger partial charge in [0, 0.05) is 5.39 Å². The van der Waals surface area contributed by atoms with Crippen LogP contribution < -0.4 is 15.1 Å². The van der Waals surface area contributed by atoms with Crippen molar-refractivity contribution in [1.82, 2.24) is 0 Å². The fourth-order valence-corrected chi connectivity index (χ4v) is 3.18. The van der Waals surface area contributed by atoms with E-state index in [0.29, 0.717) is 22.1 Å². The van der Waals surface area contributed by atoms with Crippen molar-refractivity contribution in [2.75, 3.05) is 7.11 Å². The van der Waals surface area contributed by atoms with Crippen LogP contribution in [0.5, 0.6) is 11.5 Å². The Morgan fingerprint density at radius 3 is 2.47 bits per heavy atom. The molecule has 6 heteroatoms. The number of hydrogen-bond donors (Lipinski definition) is 0. The van der Waals surface area contributed by atoms with E-state index in [0.717, 1.165) is 5.56 Å². The number of fused-ring (bicyclic) bond motifs is 1. The molecule has 0 amide bonds. The Kier molecular flexibility index (Phi) is 5.82. The minimum Gasteiger partial charge on any atom is -0.493 e. The fraction of sp³-hybridized carbons (Fsp3) is 0.0385. The number of carbonyl (C=O) groups is 1. The summed E-state index contributed by atoms with van der Waals surface area (Å²) in [6, 6.07) is 24.7. The maximum Gasteiger partial charge on any atom is 0.351 e. The van der Waals surface area contributed by atoms with E-state index in [9.17, 15) is 14.9 Å². The van der Waals surface area contributed by atoms with Crippen molar-refractivity contribution in [3.05, 3.63) is 106 Å². The van der Waals surface area contributed by atoms with Crippen LogP contribution in [0.2, 0.25) is 0 Å². The largest absolute Gasteiger partial charge is 0.493 e. The molecule has 6 nitrogen and oxygen atoms in total. The van der Waals surface area contributed by atoms with E-state index in [1.54, 1.807) is 48.5 Å². The van der Waals surface area contributed by atoms with Crippen LogP contribution in [0.1, 0.15) is 21.5 Å². The van der Waals surface area contributed by atoms with Gasteiger partial charge >= 0.3 is 11.6 Å². The highest BCUT2D eigenvalue weighted by molar-refractivity contribution is 5.94. The normalized spacial score (nSPS) is 11.1. The molecule has 4 rings (SSSR count). The molecule has 32 heavy (non-hydrogen) atoms. The molecule has 0 saturated heterocycles. The molecule has 0 bridgehead atoms. The molecular formula is C26H17NO5. The van der Waals surface area contributed by atoms with Gasteiger partial charge in [0.15, 0.2) is 11.5 Å². The van der Waals surface area contributed by atoms with E-state index in [4.69, 9.17) is 13.9 Å². The van der Waals surface area contributed by atoms with Gasteiger partial charge in [-0.15, -0.1) is 0 Å². The molecule has 0 N–H and O–H groups in total. The van der Waals surface area contributed by atoms with Gasteiger partial charge in [0.25, 0.3) is 0 Å². The minimum absolute atomic E-state index is 0.139. The number of allylic oxidation sites excluding steroid dienone is 1.